The molecule has 26 heavy (non-hydrogen) atoms. The Kier molecular flexibility index (Phi) is 4.72. The second-order valence-electron chi connectivity index (χ2n) is 7.70. The first-order chi connectivity index (χ1) is 12.5. The molecule has 4 rings (SSSR count). The number of H-pyrrole nitrogens is 1. The van der Waals surface area contributed by atoms with E-state index >= 15 is 0 Å². The maximum atomic E-state index is 4.73. The quantitative estimate of drug-likeness (QED) is 0.780. The summed E-state index contributed by atoms with van der Waals surface area (Å²) in [5.74, 6) is 1.63. The Morgan fingerprint density at radius 3 is 2.69 bits per heavy atom. The van der Waals surface area contributed by atoms with Gasteiger partial charge in [-0.1, -0.05) is 0 Å². The Hall–Kier alpha value is -2.27. The number of aryl methyl sites for hydroxylation is 3. The Morgan fingerprint density at radius 1 is 1.08 bits per heavy atom. The molecule has 4 heterocycles. The number of pyridine rings is 2. The van der Waals surface area contributed by atoms with Crippen molar-refractivity contribution in [2.45, 2.75) is 46.6 Å². The number of aromatic amines is 1. The maximum absolute atomic E-state index is 4.73. The molecular formula is C21H27N5. The van der Waals surface area contributed by atoms with E-state index < -0.39 is 0 Å². The molecule has 1 fully saturated rings. The van der Waals surface area contributed by atoms with Crippen LogP contribution in [0.5, 0.6) is 0 Å². The predicted octanol–water partition coefficient (Wildman–Crippen LogP) is 3.73. The standard InChI is InChI=1S/C21H27N5/c1-14-9-18(10-15(2)22-14)11-17-5-4-8-26(12-17)13-19-6-7-20-21(25-19)24-16(3)23-20/h6-7,9-10,17H,4-5,8,11-13H2,1-3H3,(H,23,24,25). The van der Waals surface area contributed by atoms with Gasteiger partial charge in [0, 0.05) is 24.5 Å². The molecule has 0 spiro atoms. The van der Waals surface area contributed by atoms with Gasteiger partial charge in [-0.2, -0.15) is 0 Å². The van der Waals surface area contributed by atoms with Crippen LogP contribution in [0.4, 0.5) is 0 Å². The van der Waals surface area contributed by atoms with Crippen LogP contribution >= 0.6 is 0 Å². The van der Waals surface area contributed by atoms with E-state index in [9.17, 15) is 0 Å². The first-order valence-corrected chi connectivity index (χ1v) is 9.54. The van der Waals surface area contributed by atoms with E-state index in [0.29, 0.717) is 5.92 Å². The van der Waals surface area contributed by atoms with Crippen LogP contribution in [-0.4, -0.2) is 37.9 Å². The number of nitrogens with zero attached hydrogens (tertiary/aromatic N) is 4. The average Bonchev–Trinajstić information content (AvgIpc) is 2.93. The van der Waals surface area contributed by atoms with Crippen molar-refractivity contribution in [3.63, 3.8) is 0 Å². The third-order valence-corrected chi connectivity index (χ3v) is 5.18. The van der Waals surface area contributed by atoms with Crippen LogP contribution in [0.3, 0.4) is 0 Å². The zero-order chi connectivity index (χ0) is 18.1. The SMILES string of the molecule is Cc1cc(CC2CCCN(Cc3ccc4[nH]c(C)nc4n3)C2)cc(C)n1. The molecule has 3 aromatic heterocycles. The number of hydrogen-bond acceptors (Lipinski definition) is 4. The highest BCUT2D eigenvalue weighted by molar-refractivity contribution is 5.70. The van der Waals surface area contributed by atoms with Crippen molar-refractivity contribution < 1.29 is 0 Å². The highest BCUT2D eigenvalue weighted by Gasteiger charge is 2.21. The van der Waals surface area contributed by atoms with Gasteiger partial charge >= 0.3 is 0 Å². The van der Waals surface area contributed by atoms with Crippen molar-refractivity contribution in [1.29, 1.82) is 0 Å². The van der Waals surface area contributed by atoms with Gasteiger partial charge in [0.15, 0.2) is 5.65 Å². The van der Waals surface area contributed by atoms with E-state index in [1.54, 1.807) is 0 Å². The molecule has 5 nitrogen and oxygen atoms in total. The summed E-state index contributed by atoms with van der Waals surface area (Å²) in [5, 5.41) is 0. The van der Waals surface area contributed by atoms with E-state index in [4.69, 9.17) is 4.98 Å². The van der Waals surface area contributed by atoms with Gasteiger partial charge in [0.05, 0.1) is 11.2 Å². The van der Waals surface area contributed by atoms with Gasteiger partial charge in [-0.15, -0.1) is 0 Å². The van der Waals surface area contributed by atoms with Gasteiger partial charge in [0.25, 0.3) is 0 Å². The number of nitrogens with one attached hydrogen (secondary N) is 1. The van der Waals surface area contributed by atoms with Crippen LogP contribution in [0.25, 0.3) is 11.2 Å². The van der Waals surface area contributed by atoms with Gasteiger partial charge in [-0.25, -0.2) is 9.97 Å². The summed E-state index contributed by atoms with van der Waals surface area (Å²) in [5.41, 5.74) is 6.63. The summed E-state index contributed by atoms with van der Waals surface area (Å²) < 4.78 is 0. The zero-order valence-electron chi connectivity index (χ0n) is 15.9. The van der Waals surface area contributed by atoms with E-state index in [1.165, 1.54) is 18.4 Å². The number of fused-ring (bicyclic) bond motifs is 1. The second kappa shape index (κ2) is 7.16. The Bertz CT molecular complexity index is 894. The summed E-state index contributed by atoms with van der Waals surface area (Å²) in [6.07, 6.45) is 3.71. The molecule has 5 heteroatoms. The Balaban J connectivity index is 1.42. The highest BCUT2D eigenvalue weighted by atomic mass is 15.1. The fourth-order valence-corrected chi connectivity index (χ4v) is 4.20. The van der Waals surface area contributed by atoms with Crippen molar-refractivity contribution in [3.05, 3.63) is 52.7 Å². The molecule has 0 radical (unpaired) electrons. The lowest BCUT2D eigenvalue weighted by Crippen LogP contribution is -2.36. The molecule has 1 aliphatic rings. The summed E-state index contributed by atoms with van der Waals surface area (Å²) >= 11 is 0. The topological polar surface area (TPSA) is 57.7 Å². The number of aromatic nitrogens is 4. The monoisotopic (exact) mass is 349 g/mol. The number of hydrogen-bond donors (Lipinski definition) is 1. The largest absolute Gasteiger partial charge is 0.341 e. The minimum atomic E-state index is 0.710. The van der Waals surface area contributed by atoms with Gasteiger partial charge in [-0.3, -0.25) is 9.88 Å². The molecule has 1 atom stereocenters. The minimum Gasteiger partial charge on any atom is -0.341 e. The number of likely N-dealkylation sites (tertiary alicyclic amines) is 1. The molecule has 1 aliphatic heterocycles. The molecule has 136 valence electrons. The van der Waals surface area contributed by atoms with Crippen LogP contribution in [0, 0.1) is 26.7 Å². The molecule has 0 bridgehead atoms. The number of imidazole rings is 1. The normalized spacial score (nSPS) is 18.5. The van der Waals surface area contributed by atoms with Crippen molar-refractivity contribution in [1.82, 2.24) is 24.8 Å². The van der Waals surface area contributed by atoms with Gasteiger partial charge in [-0.05, 0) is 82.3 Å². The van der Waals surface area contributed by atoms with Crippen LogP contribution < -0.4 is 0 Å². The Labute approximate surface area is 154 Å². The summed E-state index contributed by atoms with van der Waals surface area (Å²) in [6, 6.07) is 8.70. The van der Waals surface area contributed by atoms with E-state index in [0.717, 1.165) is 60.1 Å². The van der Waals surface area contributed by atoms with Crippen LogP contribution in [0.2, 0.25) is 0 Å². The van der Waals surface area contributed by atoms with Gasteiger partial charge in [0.1, 0.15) is 5.82 Å². The van der Waals surface area contributed by atoms with Crippen LogP contribution in [-0.2, 0) is 13.0 Å². The van der Waals surface area contributed by atoms with Crippen LogP contribution in [0.1, 0.15) is 41.3 Å². The maximum Gasteiger partial charge on any atom is 0.177 e. The fraction of sp³-hybridized carbons (Fsp3) is 0.476. The molecule has 0 aliphatic carbocycles. The zero-order valence-corrected chi connectivity index (χ0v) is 15.9. The molecule has 1 N–H and O–H groups in total. The number of piperidine rings is 1. The van der Waals surface area contributed by atoms with Crippen molar-refractivity contribution in [3.8, 4) is 0 Å². The Morgan fingerprint density at radius 2 is 1.88 bits per heavy atom. The van der Waals surface area contributed by atoms with Crippen molar-refractivity contribution in [2.75, 3.05) is 13.1 Å². The summed E-state index contributed by atoms with van der Waals surface area (Å²) in [7, 11) is 0. The smallest absolute Gasteiger partial charge is 0.177 e. The summed E-state index contributed by atoms with van der Waals surface area (Å²) in [4.78, 5) is 19.5. The summed E-state index contributed by atoms with van der Waals surface area (Å²) in [6.45, 7) is 9.35. The first kappa shape index (κ1) is 17.2. The molecular weight excluding hydrogens is 322 g/mol. The molecule has 1 saturated heterocycles. The molecule has 0 aromatic carbocycles. The third-order valence-electron chi connectivity index (χ3n) is 5.18. The van der Waals surface area contributed by atoms with Crippen molar-refractivity contribution >= 4 is 11.2 Å². The highest BCUT2D eigenvalue weighted by Crippen LogP contribution is 2.23. The van der Waals surface area contributed by atoms with E-state index in [-0.39, 0.29) is 0 Å². The molecule has 0 amide bonds. The lowest BCUT2D eigenvalue weighted by molar-refractivity contribution is 0.165. The van der Waals surface area contributed by atoms with E-state index in [2.05, 4.69) is 58.0 Å². The molecule has 3 aromatic rings. The van der Waals surface area contributed by atoms with Crippen molar-refractivity contribution in [2.24, 2.45) is 5.92 Å². The second-order valence-corrected chi connectivity index (χ2v) is 7.70. The molecule has 1 unspecified atom stereocenters. The lowest BCUT2D eigenvalue weighted by Gasteiger charge is -2.32. The van der Waals surface area contributed by atoms with Gasteiger partial charge in [0.2, 0.25) is 0 Å². The predicted molar refractivity (Wildman–Crippen MR) is 104 cm³/mol. The lowest BCUT2D eigenvalue weighted by atomic mass is 9.91. The minimum absolute atomic E-state index is 0.710. The average molecular weight is 349 g/mol. The van der Waals surface area contributed by atoms with Crippen LogP contribution in [0.15, 0.2) is 24.3 Å². The molecule has 0 saturated carbocycles. The van der Waals surface area contributed by atoms with Gasteiger partial charge < -0.3 is 4.98 Å². The number of rotatable bonds is 4. The fourth-order valence-electron chi connectivity index (χ4n) is 4.20. The first-order valence-electron chi connectivity index (χ1n) is 9.54. The third kappa shape index (κ3) is 3.93. The van der Waals surface area contributed by atoms with E-state index in [1.807, 2.05) is 6.92 Å².